The molecule has 0 saturated heterocycles. The van der Waals surface area contributed by atoms with Crippen molar-refractivity contribution < 1.29 is 4.74 Å². The number of halogens is 2. The van der Waals surface area contributed by atoms with Crippen molar-refractivity contribution in [3.05, 3.63) is 63.6 Å². The Hall–Kier alpha value is -1.66. The molecule has 0 radical (unpaired) electrons. The van der Waals surface area contributed by atoms with Crippen molar-refractivity contribution in [2.45, 2.75) is 6.61 Å². The summed E-state index contributed by atoms with van der Waals surface area (Å²) in [5.74, 6) is 6.50. The zero-order valence-electron chi connectivity index (χ0n) is 10.7. The summed E-state index contributed by atoms with van der Waals surface area (Å²) in [5, 5.41) is 1.28. The van der Waals surface area contributed by atoms with Gasteiger partial charge in [0.05, 0.1) is 6.54 Å². The van der Waals surface area contributed by atoms with Crippen LogP contribution in [0.3, 0.4) is 0 Å². The Labute approximate surface area is 128 Å². The maximum absolute atomic E-state index is 6.08. The average molecular weight is 306 g/mol. The average Bonchev–Trinajstić information content (AvgIpc) is 2.47. The van der Waals surface area contributed by atoms with E-state index in [9.17, 15) is 0 Å². The van der Waals surface area contributed by atoms with Crippen molar-refractivity contribution in [1.29, 1.82) is 0 Å². The van der Waals surface area contributed by atoms with Crippen LogP contribution >= 0.6 is 23.2 Å². The van der Waals surface area contributed by atoms with Gasteiger partial charge in [-0.3, -0.25) is 0 Å². The molecule has 0 fully saturated rings. The zero-order valence-corrected chi connectivity index (χ0v) is 12.2. The van der Waals surface area contributed by atoms with E-state index in [2.05, 4.69) is 11.8 Å². The standard InChI is InChI=1S/C16H13Cl2NO/c17-14-5-8-16(18)13(10-14)11-20-15-6-3-12(4-7-15)2-1-9-19/h3-8,10H,9,11,19H2. The summed E-state index contributed by atoms with van der Waals surface area (Å²) in [4.78, 5) is 0. The Kier molecular flexibility index (Phi) is 5.31. The van der Waals surface area contributed by atoms with Crippen molar-refractivity contribution in [3.8, 4) is 17.6 Å². The first-order valence-corrected chi connectivity index (χ1v) is 6.80. The zero-order chi connectivity index (χ0) is 14.4. The van der Waals surface area contributed by atoms with Crippen LogP contribution in [0.2, 0.25) is 10.0 Å². The summed E-state index contributed by atoms with van der Waals surface area (Å²) >= 11 is 12.0. The minimum absolute atomic E-state index is 0.353. The van der Waals surface area contributed by atoms with E-state index >= 15 is 0 Å². The van der Waals surface area contributed by atoms with E-state index in [-0.39, 0.29) is 0 Å². The fourth-order valence-corrected chi connectivity index (χ4v) is 1.97. The highest BCUT2D eigenvalue weighted by Gasteiger charge is 2.02. The van der Waals surface area contributed by atoms with Gasteiger partial charge in [0.15, 0.2) is 0 Å². The van der Waals surface area contributed by atoms with Crippen molar-refractivity contribution in [1.82, 2.24) is 0 Å². The summed E-state index contributed by atoms with van der Waals surface area (Å²) in [6, 6.07) is 12.8. The predicted octanol–water partition coefficient (Wildman–Crippen LogP) is 3.88. The molecule has 2 N–H and O–H groups in total. The molecule has 0 atom stereocenters. The first kappa shape index (κ1) is 14.7. The lowest BCUT2D eigenvalue weighted by Crippen LogP contribution is -1.96. The summed E-state index contributed by atoms with van der Waals surface area (Å²) in [5.41, 5.74) is 7.08. The number of hydrogen-bond donors (Lipinski definition) is 1. The molecule has 2 aromatic rings. The molecule has 0 amide bonds. The van der Waals surface area contributed by atoms with Gasteiger partial charge >= 0.3 is 0 Å². The quantitative estimate of drug-likeness (QED) is 0.873. The topological polar surface area (TPSA) is 35.2 Å². The Bertz CT molecular complexity index is 642. The van der Waals surface area contributed by atoms with Gasteiger partial charge in [-0.15, -0.1) is 0 Å². The van der Waals surface area contributed by atoms with Crippen molar-refractivity contribution in [2.75, 3.05) is 6.54 Å². The Morgan fingerprint density at radius 3 is 2.50 bits per heavy atom. The van der Waals surface area contributed by atoms with Crippen LogP contribution in [0, 0.1) is 11.8 Å². The van der Waals surface area contributed by atoms with Gasteiger partial charge in [-0.05, 0) is 42.5 Å². The Balaban J connectivity index is 2.02. The maximum Gasteiger partial charge on any atom is 0.119 e. The highest BCUT2D eigenvalue weighted by molar-refractivity contribution is 6.33. The van der Waals surface area contributed by atoms with Gasteiger partial charge in [0.1, 0.15) is 12.4 Å². The number of rotatable bonds is 3. The van der Waals surface area contributed by atoms with E-state index in [1.807, 2.05) is 24.3 Å². The molecule has 0 heterocycles. The molecule has 20 heavy (non-hydrogen) atoms. The number of ether oxygens (including phenoxy) is 1. The number of hydrogen-bond acceptors (Lipinski definition) is 2. The van der Waals surface area contributed by atoms with Crippen molar-refractivity contribution in [3.63, 3.8) is 0 Å². The van der Waals surface area contributed by atoms with E-state index in [0.717, 1.165) is 16.9 Å². The Morgan fingerprint density at radius 2 is 1.80 bits per heavy atom. The Morgan fingerprint density at radius 1 is 1.05 bits per heavy atom. The van der Waals surface area contributed by atoms with Crippen LogP contribution in [0.25, 0.3) is 0 Å². The van der Waals surface area contributed by atoms with E-state index in [1.54, 1.807) is 18.2 Å². The smallest absolute Gasteiger partial charge is 0.119 e. The van der Waals surface area contributed by atoms with Gasteiger partial charge in [0, 0.05) is 21.2 Å². The largest absolute Gasteiger partial charge is 0.489 e. The molecule has 2 nitrogen and oxygen atoms in total. The van der Waals surface area contributed by atoms with Crippen LogP contribution in [0.4, 0.5) is 0 Å². The highest BCUT2D eigenvalue weighted by atomic mass is 35.5. The van der Waals surface area contributed by atoms with Crippen molar-refractivity contribution >= 4 is 23.2 Å². The second kappa shape index (κ2) is 7.21. The van der Waals surface area contributed by atoms with Gasteiger partial charge in [0.2, 0.25) is 0 Å². The summed E-state index contributed by atoms with van der Waals surface area (Å²) < 4.78 is 5.67. The molecule has 0 saturated carbocycles. The van der Waals surface area contributed by atoms with E-state index in [1.165, 1.54) is 0 Å². The predicted molar refractivity (Wildman–Crippen MR) is 83.2 cm³/mol. The number of benzene rings is 2. The van der Waals surface area contributed by atoms with Gasteiger partial charge in [-0.2, -0.15) is 0 Å². The lowest BCUT2D eigenvalue weighted by molar-refractivity contribution is 0.306. The summed E-state index contributed by atoms with van der Waals surface area (Å²) in [6.07, 6.45) is 0. The highest BCUT2D eigenvalue weighted by Crippen LogP contribution is 2.22. The third-order valence-corrected chi connectivity index (χ3v) is 3.20. The lowest BCUT2D eigenvalue weighted by Gasteiger charge is -2.08. The molecule has 102 valence electrons. The summed E-state index contributed by atoms with van der Waals surface area (Å²) in [7, 11) is 0. The van der Waals surface area contributed by atoms with Gasteiger partial charge in [-0.25, -0.2) is 0 Å². The van der Waals surface area contributed by atoms with Crippen molar-refractivity contribution in [2.24, 2.45) is 5.73 Å². The van der Waals surface area contributed by atoms with Crippen LogP contribution in [0.5, 0.6) is 5.75 Å². The molecule has 2 rings (SSSR count). The van der Waals surface area contributed by atoms with Crippen LogP contribution in [0.15, 0.2) is 42.5 Å². The van der Waals surface area contributed by atoms with Gasteiger partial charge in [-0.1, -0.05) is 35.0 Å². The fourth-order valence-electron chi connectivity index (χ4n) is 1.60. The molecule has 2 aromatic carbocycles. The van der Waals surface area contributed by atoms with Crippen LogP contribution in [-0.4, -0.2) is 6.54 Å². The first-order chi connectivity index (χ1) is 9.69. The third kappa shape index (κ3) is 4.18. The fraction of sp³-hybridized carbons (Fsp3) is 0.125. The van der Waals surface area contributed by atoms with E-state index < -0.39 is 0 Å². The molecule has 4 heteroatoms. The minimum atomic E-state index is 0.353. The van der Waals surface area contributed by atoms with Crippen LogP contribution in [-0.2, 0) is 6.61 Å². The molecular weight excluding hydrogens is 293 g/mol. The molecular formula is C16H13Cl2NO. The second-order valence-corrected chi connectivity index (χ2v) is 4.90. The molecule has 0 aliphatic rings. The van der Waals surface area contributed by atoms with E-state index in [4.69, 9.17) is 33.7 Å². The van der Waals surface area contributed by atoms with Crippen LogP contribution in [0.1, 0.15) is 11.1 Å². The normalized spacial score (nSPS) is 9.75. The molecule has 0 aliphatic carbocycles. The van der Waals surface area contributed by atoms with Crippen LogP contribution < -0.4 is 10.5 Å². The first-order valence-electron chi connectivity index (χ1n) is 6.05. The van der Waals surface area contributed by atoms with Gasteiger partial charge in [0.25, 0.3) is 0 Å². The lowest BCUT2D eigenvalue weighted by atomic mass is 10.2. The summed E-state index contributed by atoms with van der Waals surface area (Å²) in [6.45, 7) is 0.721. The van der Waals surface area contributed by atoms with Gasteiger partial charge < -0.3 is 10.5 Å². The monoisotopic (exact) mass is 305 g/mol. The third-order valence-electron chi connectivity index (χ3n) is 2.59. The minimum Gasteiger partial charge on any atom is -0.489 e. The maximum atomic E-state index is 6.08. The molecule has 0 spiro atoms. The van der Waals surface area contributed by atoms with E-state index in [0.29, 0.717) is 23.2 Å². The SMILES string of the molecule is NCC#Cc1ccc(OCc2cc(Cl)ccc2Cl)cc1. The molecule has 0 unspecified atom stereocenters. The number of nitrogens with two attached hydrogens (primary N) is 1. The molecule has 0 aromatic heterocycles. The molecule has 0 aliphatic heterocycles. The molecule has 0 bridgehead atoms. The second-order valence-electron chi connectivity index (χ2n) is 4.05.